The number of anilines is 2. The lowest BCUT2D eigenvalue weighted by Gasteiger charge is -2.24. The fourth-order valence-electron chi connectivity index (χ4n) is 3.48. The summed E-state index contributed by atoms with van der Waals surface area (Å²) in [6, 6.07) is 7.37. The fourth-order valence-corrected chi connectivity index (χ4v) is 3.48. The number of amides is 2. The summed E-state index contributed by atoms with van der Waals surface area (Å²) in [5, 5.41) is 8.98. The highest BCUT2D eigenvalue weighted by Crippen LogP contribution is 2.23. The molecule has 2 saturated heterocycles. The SMILES string of the molecule is CC(NC(=O)C1CCCNC1)C(=O)Nc1cccc(N2CCCC2)c1. The van der Waals surface area contributed by atoms with Crippen LogP contribution in [0, 0.1) is 5.92 Å². The Kier molecular flexibility index (Phi) is 5.91. The van der Waals surface area contributed by atoms with Gasteiger partial charge in [-0.2, -0.15) is 0 Å². The molecule has 2 fully saturated rings. The zero-order valence-corrected chi connectivity index (χ0v) is 14.9. The minimum Gasteiger partial charge on any atom is -0.371 e. The molecule has 2 heterocycles. The van der Waals surface area contributed by atoms with Crippen LogP contribution in [0.25, 0.3) is 0 Å². The van der Waals surface area contributed by atoms with E-state index in [1.54, 1.807) is 6.92 Å². The molecule has 0 aliphatic carbocycles. The van der Waals surface area contributed by atoms with Gasteiger partial charge in [-0.1, -0.05) is 6.07 Å². The van der Waals surface area contributed by atoms with Crippen molar-refractivity contribution in [3.05, 3.63) is 24.3 Å². The third kappa shape index (κ3) is 4.72. The van der Waals surface area contributed by atoms with Crippen LogP contribution in [-0.2, 0) is 9.59 Å². The minimum absolute atomic E-state index is 0.0394. The lowest BCUT2D eigenvalue weighted by Crippen LogP contribution is -2.47. The van der Waals surface area contributed by atoms with Crippen LogP contribution in [-0.4, -0.2) is 44.0 Å². The van der Waals surface area contributed by atoms with Gasteiger partial charge in [-0.25, -0.2) is 0 Å². The van der Waals surface area contributed by atoms with Crippen LogP contribution in [0.2, 0.25) is 0 Å². The van der Waals surface area contributed by atoms with Gasteiger partial charge in [0, 0.05) is 31.0 Å². The molecule has 0 radical (unpaired) electrons. The van der Waals surface area contributed by atoms with Crippen molar-refractivity contribution in [2.75, 3.05) is 36.4 Å². The first kappa shape index (κ1) is 17.7. The van der Waals surface area contributed by atoms with E-state index in [1.807, 2.05) is 18.2 Å². The molecule has 6 heteroatoms. The summed E-state index contributed by atoms with van der Waals surface area (Å²) in [5.41, 5.74) is 1.91. The topological polar surface area (TPSA) is 73.5 Å². The molecule has 2 aliphatic heterocycles. The number of nitrogens with one attached hydrogen (secondary N) is 3. The van der Waals surface area contributed by atoms with Gasteiger partial charge in [0.15, 0.2) is 0 Å². The first-order valence-electron chi connectivity index (χ1n) is 9.30. The highest BCUT2D eigenvalue weighted by Gasteiger charge is 2.24. The summed E-state index contributed by atoms with van der Waals surface area (Å²) in [5.74, 6) is -0.265. The molecule has 2 aliphatic rings. The number of benzene rings is 1. The molecule has 6 nitrogen and oxygen atoms in total. The fraction of sp³-hybridized carbons (Fsp3) is 0.579. The first-order chi connectivity index (χ1) is 12.1. The van der Waals surface area contributed by atoms with Crippen molar-refractivity contribution in [1.82, 2.24) is 10.6 Å². The quantitative estimate of drug-likeness (QED) is 0.761. The number of nitrogens with zero attached hydrogens (tertiary/aromatic N) is 1. The third-order valence-electron chi connectivity index (χ3n) is 5.00. The van der Waals surface area contributed by atoms with E-state index in [4.69, 9.17) is 0 Å². The predicted molar refractivity (Wildman–Crippen MR) is 99.7 cm³/mol. The lowest BCUT2D eigenvalue weighted by atomic mass is 9.98. The molecule has 25 heavy (non-hydrogen) atoms. The maximum absolute atomic E-state index is 12.4. The Morgan fingerprint density at radius 1 is 1.24 bits per heavy atom. The van der Waals surface area contributed by atoms with E-state index in [9.17, 15) is 9.59 Å². The Labute approximate surface area is 149 Å². The average molecular weight is 344 g/mol. The number of carbonyl (C=O) groups excluding carboxylic acids is 2. The summed E-state index contributed by atoms with van der Waals surface area (Å²) < 4.78 is 0. The molecule has 2 atom stereocenters. The van der Waals surface area contributed by atoms with Crippen LogP contribution >= 0.6 is 0 Å². The van der Waals surface area contributed by atoms with Gasteiger partial charge in [0.2, 0.25) is 11.8 Å². The second-order valence-corrected chi connectivity index (χ2v) is 7.01. The lowest BCUT2D eigenvalue weighted by molar-refractivity contribution is -0.129. The summed E-state index contributed by atoms with van der Waals surface area (Å²) in [4.78, 5) is 27.0. The van der Waals surface area contributed by atoms with Crippen molar-refractivity contribution in [1.29, 1.82) is 0 Å². The van der Waals surface area contributed by atoms with Gasteiger partial charge in [-0.05, 0) is 57.4 Å². The molecule has 2 unspecified atom stereocenters. The molecule has 3 N–H and O–H groups in total. The van der Waals surface area contributed by atoms with Crippen molar-refractivity contribution in [3.63, 3.8) is 0 Å². The first-order valence-corrected chi connectivity index (χ1v) is 9.30. The number of hydrogen-bond donors (Lipinski definition) is 3. The molecule has 0 spiro atoms. The normalized spacial score (nSPS) is 21.6. The van der Waals surface area contributed by atoms with Crippen LogP contribution in [0.5, 0.6) is 0 Å². The van der Waals surface area contributed by atoms with E-state index < -0.39 is 6.04 Å². The number of hydrogen-bond acceptors (Lipinski definition) is 4. The van der Waals surface area contributed by atoms with Crippen LogP contribution < -0.4 is 20.9 Å². The third-order valence-corrected chi connectivity index (χ3v) is 5.00. The highest BCUT2D eigenvalue weighted by molar-refractivity contribution is 5.97. The molecule has 136 valence electrons. The summed E-state index contributed by atoms with van der Waals surface area (Å²) >= 11 is 0. The van der Waals surface area contributed by atoms with Crippen LogP contribution in [0.15, 0.2) is 24.3 Å². The van der Waals surface area contributed by atoms with Crippen LogP contribution in [0.1, 0.15) is 32.6 Å². The standard InChI is InChI=1S/C19H28N4O2/c1-14(21-19(25)15-6-5-9-20-13-15)18(24)22-16-7-4-8-17(12-16)23-10-2-3-11-23/h4,7-8,12,14-15,20H,2-3,5-6,9-11,13H2,1H3,(H,21,25)(H,22,24). The maximum atomic E-state index is 12.4. The van der Waals surface area contributed by atoms with Crippen LogP contribution in [0.3, 0.4) is 0 Å². The molecule has 3 rings (SSSR count). The monoisotopic (exact) mass is 344 g/mol. The predicted octanol–water partition coefficient (Wildman–Crippen LogP) is 1.73. The Morgan fingerprint density at radius 3 is 2.76 bits per heavy atom. The Hall–Kier alpha value is -2.08. The van der Waals surface area contributed by atoms with Crippen molar-refractivity contribution in [2.45, 2.75) is 38.6 Å². The minimum atomic E-state index is -0.551. The van der Waals surface area contributed by atoms with Gasteiger partial charge in [0.25, 0.3) is 0 Å². The Morgan fingerprint density at radius 2 is 2.04 bits per heavy atom. The van der Waals surface area contributed by atoms with Gasteiger partial charge in [0.1, 0.15) is 6.04 Å². The molecular formula is C19H28N4O2. The van der Waals surface area contributed by atoms with Crippen LogP contribution in [0.4, 0.5) is 11.4 Å². The summed E-state index contributed by atoms with van der Waals surface area (Å²) in [6.07, 6.45) is 4.32. The molecular weight excluding hydrogens is 316 g/mol. The van der Waals surface area contributed by atoms with E-state index in [0.717, 1.165) is 43.9 Å². The number of rotatable bonds is 5. The van der Waals surface area contributed by atoms with Gasteiger partial charge in [0.05, 0.1) is 5.92 Å². The van der Waals surface area contributed by atoms with Crippen molar-refractivity contribution in [3.8, 4) is 0 Å². The average Bonchev–Trinajstić information content (AvgIpc) is 3.17. The van der Waals surface area contributed by atoms with Crippen molar-refractivity contribution >= 4 is 23.2 Å². The Bertz CT molecular complexity index is 607. The zero-order valence-electron chi connectivity index (χ0n) is 14.9. The van der Waals surface area contributed by atoms with Crippen molar-refractivity contribution in [2.24, 2.45) is 5.92 Å². The second kappa shape index (κ2) is 8.34. The molecule has 0 aromatic heterocycles. The molecule has 0 saturated carbocycles. The zero-order chi connectivity index (χ0) is 17.6. The molecule has 1 aromatic rings. The van der Waals surface area contributed by atoms with Gasteiger partial charge in [-0.3, -0.25) is 9.59 Å². The number of carbonyl (C=O) groups is 2. The van der Waals surface area contributed by atoms with E-state index in [1.165, 1.54) is 12.8 Å². The molecule has 1 aromatic carbocycles. The maximum Gasteiger partial charge on any atom is 0.246 e. The Balaban J connectivity index is 1.54. The molecule has 2 amide bonds. The van der Waals surface area contributed by atoms with E-state index in [-0.39, 0.29) is 17.7 Å². The van der Waals surface area contributed by atoms with Gasteiger partial charge in [-0.15, -0.1) is 0 Å². The molecule has 0 bridgehead atoms. The van der Waals surface area contributed by atoms with E-state index in [2.05, 4.69) is 26.9 Å². The smallest absolute Gasteiger partial charge is 0.246 e. The second-order valence-electron chi connectivity index (χ2n) is 7.01. The van der Waals surface area contributed by atoms with E-state index >= 15 is 0 Å². The summed E-state index contributed by atoms with van der Waals surface area (Å²) in [7, 11) is 0. The van der Waals surface area contributed by atoms with E-state index in [0.29, 0.717) is 6.54 Å². The van der Waals surface area contributed by atoms with Gasteiger partial charge >= 0.3 is 0 Å². The van der Waals surface area contributed by atoms with Crippen molar-refractivity contribution < 1.29 is 9.59 Å². The summed E-state index contributed by atoms with van der Waals surface area (Å²) in [6.45, 7) is 5.53. The highest BCUT2D eigenvalue weighted by atomic mass is 16.2. The largest absolute Gasteiger partial charge is 0.371 e. The number of piperidine rings is 1. The van der Waals surface area contributed by atoms with Gasteiger partial charge < -0.3 is 20.9 Å².